The second-order valence-electron chi connectivity index (χ2n) is 4.95. The van der Waals surface area contributed by atoms with Gasteiger partial charge in [-0.3, -0.25) is 4.79 Å². The van der Waals surface area contributed by atoms with E-state index in [-0.39, 0.29) is 12.1 Å². The zero-order valence-electron chi connectivity index (χ0n) is 11.6. The zero-order valence-corrected chi connectivity index (χ0v) is 13.2. The highest BCUT2D eigenvalue weighted by Crippen LogP contribution is 2.12. The Morgan fingerprint density at radius 1 is 1.11 bits per heavy atom. The van der Waals surface area contributed by atoms with Crippen molar-refractivity contribution in [3.05, 3.63) is 0 Å². The Hall–Kier alpha value is -0.120. The summed E-state index contributed by atoms with van der Waals surface area (Å²) in [6.07, 6.45) is 6.74. The van der Waals surface area contributed by atoms with Crippen molar-refractivity contribution >= 4 is 21.9 Å². The molecule has 0 rings (SSSR count). The maximum Gasteiger partial charge on any atom is 0.306 e. The van der Waals surface area contributed by atoms with Crippen LogP contribution < -0.4 is 0 Å². The highest BCUT2D eigenvalue weighted by molar-refractivity contribution is 9.09. The van der Waals surface area contributed by atoms with E-state index in [0.717, 1.165) is 38.5 Å². The first-order chi connectivity index (χ1) is 8.56. The van der Waals surface area contributed by atoms with Gasteiger partial charge in [0, 0.05) is 11.8 Å². The molecule has 0 bridgehead atoms. The monoisotopic (exact) mass is 324 g/mol. The zero-order chi connectivity index (χ0) is 13.8. The highest BCUT2D eigenvalue weighted by Gasteiger charge is 2.05. The van der Waals surface area contributed by atoms with Crippen molar-refractivity contribution in [1.29, 1.82) is 0 Å². The predicted octanol–water partition coefficient (Wildman–Crippen LogP) is 4.79. The summed E-state index contributed by atoms with van der Waals surface area (Å²) >= 11 is 3.13. The van der Waals surface area contributed by atoms with E-state index >= 15 is 0 Å². The molecule has 1 unspecified atom stereocenters. The molecule has 0 aromatic rings. The second kappa shape index (κ2) is 11.9. The first kappa shape index (κ1) is 17.9. The van der Waals surface area contributed by atoms with Crippen molar-refractivity contribution in [3.63, 3.8) is 0 Å². The van der Waals surface area contributed by atoms with Crippen LogP contribution in [0.2, 0.25) is 0 Å². The third kappa shape index (κ3) is 12.3. The molecule has 108 valence electrons. The summed E-state index contributed by atoms with van der Waals surface area (Å²) in [7, 11) is 0. The molecule has 0 saturated heterocycles. The average Bonchev–Trinajstić information content (AvgIpc) is 2.31. The molecule has 0 aliphatic heterocycles. The molecule has 0 aromatic carbocycles. The van der Waals surface area contributed by atoms with Gasteiger partial charge in [-0.15, -0.1) is 0 Å². The lowest BCUT2D eigenvalue weighted by Gasteiger charge is -2.07. The third-order valence-electron chi connectivity index (χ3n) is 2.68. The molecule has 0 spiro atoms. The smallest absolute Gasteiger partial charge is 0.306 e. The molecular weight excluding hydrogens is 299 g/mol. The lowest BCUT2D eigenvalue weighted by molar-refractivity contribution is -0.147. The van der Waals surface area contributed by atoms with E-state index in [1.807, 2.05) is 13.8 Å². The molecule has 18 heavy (non-hydrogen) atoms. The molecule has 0 aliphatic rings. The van der Waals surface area contributed by atoms with Crippen molar-refractivity contribution in [3.8, 4) is 0 Å². The topological polar surface area (TPSA) is 26.3 Å². The Kier molecular flexibility index (Phi) is 11.9. The van der Waals surface area contributed by atoms with Gasteiger partial charge in [0.2, 0.25) is 0 Å². The molecule has 0 amide bonds. The number of hydrogen-bond acceptors (Lipinski definition) is 2. The standard InChI is InChI=1S/C14H26BrFO2/c1-12(2)18-14(17)10-8-6-4-3-5-7-9-13(16)11-15/h12-13H,3-11H2,1-2H3. The molecule has 0 N–H and O–H groups in total. The Morgan fingerprint density at radius 2 is 1.67 bits per heavy atom. The fourth-order valence-electron chi connectivity index (χ4n) is 1.74. The van der Waals surface area contributed by atoms with E-state index < -0.39 is 6.17 Å². The molecule has 4 heteroatoms. The third-order valence-corrected chi connectivity index (χ3v) is 3.39. The Balaban J connectivity index is 3.19. The quantitative estimate of drug-likeness (QED) is 0.310. The molecule has 0 aliphatic carbocycles. The number of rotatable bonds is 11. The Bertz CT molecular complexity index is 210. The summed E-state index contributed by atoms with van der Waals surface area (Å²) in [5.74, 6) is -0.0948. The van der Waals surface area contributed by atoms with Crippen molar-refractivity contribution in [1.82, 2.24) is 0 Å². The summed E-state index contributed by atoms with van der Waals surface area (Å²) in [5, 5.41) is 0.449. The van der Waals surface area contributed by atoms with Crippen LogP contribution in [0.1, 0.15) is 65.2 Å². The molecular formula is C14H26BrFO2. The van der Waals surface area contributed by atoms with E-state index in [0.29, 0.717) is 18.2 Å². The lowest BCUT2D eigenvalue weighted by Crippen LogP contribution is -2.10. The number of hydrogen-bond donors (Lipinski definition) is 0. The first-order valence-electron chi connectivity index (χ1n) is 6.95. The fourth-order valence-corrected chi connectivity index (χ4v) is 2.06. The summed E-state index contributed by atoms with van der Waals surface area (Å²) in [6.45, 7) is 3.73. The largest absolute Gasteiger partial charge is 0.463 e. The van der Waals surface area contributed by atoms with Crippen molar-refractivity contribution < 1.29 is 13.9 Å². The van der Waals surface area contributed by atoms with Gasteiger partial charge in [-0.1, -0.05) is 48.0 Å². The van der Waals surface area contributed by atoms with Crippen LogP contribution in [0.5, 0.6) is 0 Å². The van der Waals surface area contributed by atoms with Crippen LogP contribution in [0.3, 0.4) is 0 Å². The molecule has 2 nitrogen and oxygen atoms in total. The normalized spacial score (nSPS) is 12.7. The minimum absolute atomic E-state index is 0.0134. The van der Waals surface area contributed by atoms with Crippen LogP contribution >= 0.6 is 15.9 Å². The van der Waals surface area contributed by atoms with Crippen molar-refractivity contribution in [2.45, 2.75) is 77.5 Å². The van der Waals surface area contributed by atoms with Crippen LogP contribution in [-0.4, -0.2) is 23.6 Å². The van der Waals surface area contributed by atoms with E-state index in [9.17, 15) is 9.18 Å². The number of carbonyl (C=O) groups excluding carboxylic acids is 1. The number of unbranched alkanes of at least 4 members (excludes halogenated alkanes) is 5. The van der Waals surface area contributed by atoms with Gasteiger partial charge >= 0.3 is 5.97 Å². The van der Waals surface area contributed by atoms with Gasteiger partial charge in [0.25, 0.3) is 0 Å². The van der Waals surface area contributed by atoms with Crippen molar-refractivity contribution in [2.75, 3.05) is 5.33 Å². The Morgan fingerprint density at radius 3 is 2.22 bits per heavy atom. The molecule has 0 fully saturated rings. The van der Waals surface area contributed by atoms with Gasteiger partial charge in [0.15, 0.2) is 0 Å². The minimum Gasteiger partial charge on any atom is -0.463 e. The summed E-state index contributed by atoms with van der Waals surface area (Å²) in [6, 6.07) is 0. The fraction of sp³-hybridized carbons (Fsp3) is 0.929. The maximum absolute atomic E-state index is 12.9. The number of alkyl halides is 2. The Labute approximate surface area is 119 Å². The van der Waals surface area contributed by atoms with Gasteiger partial charge in [0.05, 0.1) is 6.10 Å². The molecule has 0 heterocycles. The van der Waals surface area contributed by atoms with E-state index in [2.05, 4.69) is 15.9 Å². The van der Waals surface area contributed by atoms with Crippen LogP contribution in [0.15, 0.2) is 0 Å². The molecule has 0 saturated carbocycles. The van der Waals surface area contributed by atoms with Crippen LogP contribution in [0, 0.1) is 0 Å². The van der Waals surface area contributed by atoms with Gasteiger partial charge < -0.3 is 4.74 Å². The second-order valence-corrected chi connectivity index (χ2v) is 5.60. The van der Waals surface area contributed by atoms with Crippen molar-refractivity contribution in [2.24, 2.45) is 0 Å². The minimum atomic E-state index is -0.698. The highest BCUT2D eigenvalue weighted by atomic mass is 79.9. The number of ether oxygens (including phenoxy) is 1. The number of carbonyl (C=O) groups is 1. The van der Waals surface area contributed by atoms with Crippen LogP contribution in [-0.2, 0) is 9.53 Å². The SMILES string of the molecule is CC(C)OC(=O)CCCCCCCCC(F)CBr. The van der Waals surface area contributed by atoms with Gasteiger partial charge in [-0.2, -0.15) is 0 Å². The average molecular weight is 325 g/mol. The number of esters is 1. The lowest BCUT2D eigenvalue weighted by atomic mass is 10.1. The molecule has 1 atom stereocenters. The first-order valence-corrected chi connectivity index (χ1v) is 8.08. The van der Waals surface area contributed by atoms with E-state index in [1.54, 1.807) is 0 Å². The molecule has 0 aromatic heterocycles. The number of halogens is 2. The summed E-state index contributed by atoms with van der Waals surface area (Å²) in [5.41, 5.74) is 0. The van der Waals surface area contributed by atoms with Crippen LogP contribution in [0.4, 0.5) is 4.39 Å². The van der Waals surface area contributed by atoms with E-state index in [4.69, 9.17) is 4.74 Å². The summed E-state index contributed by atoms with van der Waals surface area (Å²) < 4.78 is 17.9. The summed E-state index contributed by atoms with van der Waals surface area (Å²) in [4.78, 5) is 11.2. The molecule has 0 radical (unpaired) electrons. The van der Waals surface area contributed by atoms with Gasteiger partial charge in [-0.05, 0) is 26.7 Å². The van der Waals surface area contributed by atoms with Gasteiger partial charge in [0.1, 0.15) is 6.17 Å². The van der Waals surface area contributed by atoms with Gasteiger partial charge in [-0.25, -0.2) is 4.39 Å². The predicted molar refractivity (Wildman–Crippen MR) is 76.9 cm³/mol. The maximum atomic E-state index is 12.9. The van der Waals surface area contributed by atoms with E-state index in [1.165, 1.54) is 0 Å². The van der Waals surface area contributed by atoms with Crippen LogP contribution in [0.25, 0.3) is 0 Å².